The van der Waals surface area contributed by atoms with Crippen LogP contribution in [0.3, 0.4) is 0 Å². The summed E-state index contributed by atoms with van der Waals surface area (Å²) in [6, 6.07) is 0. The van der Waals surface area contributed by atoms with E-state index in [1.54, 1.807) is 0 Å². The summed E-state index contributed by atoms with van der Waals surface area (Å²) in [6.45, 7) is 15.0. The summed E-state index contributed by atoms with van der Waals surface area (Å²) >= 11 is 0. The van der Waals surface area contributed by atoms with Crippen molar-refractivity contribution < 1.29 is 0 Å². The molecule has 0 aromatic carbocycles. The van der Waals surface area contributed by atoms with Crippen LogP contribution in [0.1, 0.15) is 25.7 Å². The first-order chi connectivity index (χ1) is 7.61. The molecule has 0 amide bonds. The zero-order chi connectivity index (χ0) is 12.4. The summed E-state index contributed by atoms with van der Waals surface area (Å²) in [5.74, 6) is 0. The van der Waals surface area contributed by atoms with Gasteiger partial charge in [0.2, 0.25) is 0 Å². The van der Waals surface area contributed by atoms with Gasteiger partial charge in [0.25, 0.3) is 0 Å². The van der Waals surface area contributed by atoms with E-state index in [2.05, 4.69) is 32.4 Å². The molecule has 2 N–H and O–H groups in total. The highest BCUT2D eigenvalue weighted by molar-refractivity contribution is 5.85. The molecule has 0 atom stereocenters. The van der Waals surface area contributed by atoms with Crippen molar-refractivity contribution in [3.05, 3.63) is 62.3 Å². The Kier molecular flexibility index (Phi) is 10.9. The van der Waals surface area contributed by atoms with Gasteiger partial charge in [0.15, 0.2) is 0 Å². The van der Waals surface area contributed by atoms with Gasteiger partial charge in [-0.15, -0.1) is 38.7 Å². The average molecular weight is 254 g/mol. The van der Waals surface area contributed by atoms with E-state index in [4.69, 9.17) is 5.73 Å². The Balaban J connectivity index is 0. The lowest BCUT2D eigenvalue weighted by Gasteiger charge is -2.24. The van der Waals surface area contributed by atoms with E-state index in [0.29, 0.717) is 0 Å². The molecule has 17 heavy (non-hydrogen) atoms. The van der Waals surface area contributed by atoms with Crippen molar-refractivity contribution in [1.29, 1.82) is 0 Å². The number of allylic oxidation sites excluding steroid dienone is 3. The number of nitrogens with two attached hydrogens (primary N) is 1. The van der Waals surface area contributed by atoms with Gasteiger partial charge in [-0.05, 0) is 25.7 Å². The van der Waals surface area contributed by atoms with Crippen LogP contribution in [0, 0.1) is 0 Å². The maximum absolute atomic E-state index is 6.29. The summed E-state index contributed by atoms with van der Waals surface area (Å²) in [7, 11) is 0. The van der Waals surface area contributed by atoms with Crippen LogP contribution in [0.15, 0.2) is 62.3 Å². The van der Waals surface area contributed by atoms with Gasteiger partial charge in [-0.25, -0.2) is 0 Å². The van der Waals surface area contributed by atoms with Crippen LogP contribution in [-0.2, 0) is 0 Å². The van der Waals surface area contributed by atoms with E-state index in [1.165, 1.54) is 5.57 Å². The molecule has 0 saturated carbocycles. The van der Waals surface area contributed by atoms with Gasteiger partial charge >= 0.3 is 0 Å². The zero-order valence-electron chi connectivity index (χ0n) is 10.5. The van der Waals surface area contributed by atoms with Crippen molar-refractivity contribution in [2.75, 3.05) is 0 Å². The van der Waals surface area contributed by atoms with Gasteiger partial charge in [-0.3, -0.25) is 0 Å². The normalized spacial score (nSPS) is 9.71. The van der Waals surface area contributed by atoms with E-state index < -0.39 is 0 Å². The van der Waals surface area contributed by atoms with Crippen LogP contribution in [0.5, 0.6) is 0 Å². The van der Waals surface area contributed by atoms with Crippen molar-refractivity contribution in [1.82, 2.24) is 0 Å². The van der Waals surface area contributed by atoms with Crippen molar-refractivity contribution >= 4 is 12.4 Å². The topological polar surface area (TPSA) is 26.0 Å². The highest BCUT2D eigenvalue weighted by atomic mass is 35.5. The van der Waals surface area contributed by atoms with Crippen LogP contribution < -0.4 is 5.73 Å². The van der Waals surface area contributed by atoms with Crippen molar-refractivity contribution in [3.8, 4) is 0 Å². The summed E-state index contributed by atoms with van der Waals surface area (Å²) < 4.78 is 0. The Hall–Kier alpha value is -1.05. The SMILES string of the molecule is C=CCC(=CC(N)(CC=C)CC=C)CC=C.Cl. The van der Waals surface area contributed by atoms with Gasteiger partial charge in [-0.2, -0.15) is 0 Å². The fourth-order valence-corrected chi connectivity index (χ4v) is 1.72. The second kappa shape index (κ2) is 10.1. The molecule has 96 valence electrons. The second-order valence-corrected chi connectivity index (χ2v) is 4.01. The molecule has 0 aliphatic carbocycles. The quantitative estimate of drug-likeness (QED) is 0.608. The maximum atomic E-state index is 6.29. The van der Waals surface area contributed by atoms with Crippen molar-refractivity contribution in [2.24, 2.45) is 5.73 Å². The molecule has 0 saturated heterocycles. The minimum Gasteiger partial charge on any atom is -0.321 e. The van der Waals surface area contributed by atoms with Crippen LogP contribution >= 0.6 is 12.4 Å². The maximum Gasteiger partial charge on any atom is 0.0411 e. The molecule has 1 nitrogen and oxygen atoms in total. The van der Waals surface area contributed by atoms with Crippen LogP contribution in [-0.4, -0.2) is 5.54 Å². The van der Waals surface area contributed by atoms with E-state index in [9.17, 15) is 0 Å². The van der Waals surface area contributed by atoms with Gasteiger partial charge in [0, 0.05) is 5.54 Å². The third-order valence-electron chi connectivity index (χ3n) is 2.35. The first-order valence-electron chi connectivity index (χ1n) is 5.55. The highest BCUT2D eigenvalue weighted by Gasteiger charge is 2.18. The third-order valence-corrected chi connectivity index (χ3v) is 2.35. The largest absolute Gasteiger partial charge is 0.321 e. The Morgan fingerprint density at radius 2 is 1.29 bits per heavy atom. The number of hydrogen-bond acceptors (Lipinski definition) is 1. The van der Waals surface area contributed by atoms with Crippen LogP contribution in [0.25, 0.3) is 0 Å². The van der Waals surface area contributed by atoms with E-state index >= 15 is 0 Å². The van der Waals surface area contributed by atoms with Gasteiger partial charge < -0.3 is 5.73 Å². The first kappa shape index (κ1) is 18.3. The van der Waals surface area contributed by atoms with Crippen molar-refractivity contribution in [3.63, 3.8) is 0 Å². The molecule has 0 unspecified atom stereocenters. The molecular weight excluding hydrogens is 230 g/mol. The Morgan fingerprint density at radius 3 is 1.59 bits per heavy atom. The predicted octanol–water partition coefficient (Wildman–Crippen LogP) is 4.34. The van der Waals surface area contributed by atoms with E-state index in [-0.39, 0.29) is 17.9 Å². The summed E-state index contributed by atoms with van der Waals surface area (Å²) in [5, 5.41) is 0. The van der Waals surface area contributed by atoms with E-state index in [1.807, 2.05) is 24.3 Å². The lowest BCUT2D eigenvalue weighted by molar-refractivity contribution is 0.538. The predicted molar refractivity (Wildman–Crippen MR) is 81.5 cm³/mol. The van der Waals surface area contributed by atoms with Crippen LogP contribution in [0.2, 0.25) is 0 Å². The summed E-state index contributed by atoms with van der Waals surface area (Å²) in [5.41, 5.74) is 7.17. The molecule has 0 spiro atoms. The molecule has 0 fully saturated rings. The third kappa shape index (κ3) is 7.78. The lowest BCUT2D eigenvalue weighted by Crippen LogP contribution is -2.36. The fraction of sp³-hybridized carbons (Fsp3) is 0.333. The molecule has 0 radical (unpaired) electrons. The minimum atomic E-state index is -0.370. The molecule has 0 aromatic rings. The average Bonchev–Trinajstić information content (AvgIpc) is 2.18. The molecule has 0 aromatic heterocycles. The first-order valence-corrected chi connectivity index (χ1v) is 5.55. The minimum absolute atomic E-state index is 0. The molecule has 0 aliphatic rings. The van der Waals surface area contributed by atoms with Gasteiger partial charge in [0.05, 0.1) is 0 Å². The molecule has 0 rings (SSSR count). The Labute approximate surface area is 112 Å². The number of hydrogen-bond donors (Lipinski definition) is 1. The number of rotatable bonds is 9. The van der Waals surface area contributed by atoms with Crippen molar-refractivity contribution in [2.45, 2.75) is 31.2 Å². The molecular formula is C15H24ClN. The number of halogens is 1. The molecule has 0 aliphatic heterocycles. The van der Waals surface area contributed by atoms with Gasteiger partial charge in [0.1, 0.15) is 0 Å². The van der Waals surface area contributed by atoms with E-state index in [0.717, 1.165) is 25.7 Å². The Bertz CT molecular complexity index is 267. The monoisotopic (exact) mass is 253 g/mol. The van der Waals surface area contributed by atoms with Gasteiger partial charge in [-0.1, -0.05) is 36.0 Å². The zero-order valence-corrected chi connectivity index (χ0v) is 11.3. The molecule has 2 heteroatoms. The standard InChI is InChI=1S/C15H23N.ClH/c1-5-9-14(10-6-2)13-15(16,11-7-3)12-8-4;/h5-8,13H,1-4,9-12,16H2;1H. The second-order valence-electron chi connectivity index (χ2n) is 4.01. The molecule has 0 bridgehead atoms. The Morgan fingerprint density at radius 1 is 0.882 bits per heavy atom. The lowest BCUT2D eigenvalue weighted by atomic mass is 9.88. The van der Waals surface area contributed by atoms with Crippen LogP contribution in [0.4, 0.5) is 0 Å². The summed E-state index contributed by atoms with van der Waals surface area (Å²) in [4.78, 5) is 0. The summed E-state index contributed by atoms with van der Waals surface area (Å²) in [6.07, 6.45) is 12.8. The highest BCUT2D eigenvalue weighted by Crippen LogP contribution is 2.20. The molecule has 0 heterocycles. The fourth-order valence-electron chi connectivity index (χ4n) is 1.72. The smallest absolute Gasteiger partial charge is 0.0411 e.